The number of carbonyl (C=O) groups is 2. The zero-order chi connectivity index (χ0) is 18.6. The molecule has 1 unspecified atom stereocenters. The van der Waals surface area contributed by atoms with Crippen LogP contribution in [0.1, 0.15) is 58.4 Å². The summed E-state index contributed by atoms with van der Waals surface area (Å²) in [6.45, 7) is 11.0. The zero-order valence-corrected chi connectivity index (χ0v) is 16.7. The molecule has 2 rings (SSSR count). The summed E-state index contributed by atoms with van der Waals surface area (Å²) in [5, 5.41) is 5.25. The first kappa shape index (κ1) is 19.8. The summed E-state index contributed by atoms with van der Waals surface area (Å²) < 4.78 is 5.41. The number of ether oxygens (including phenoxy) is 1. The van der Waals surface area contributed by atoms with Gasteiger partial charge in [-0.3, -0.25) is 4.79 Å². The van der Waals surface area contributed by atoms with E-state index in [1.54, 1.807) is 16.2 Å². The molecule has 5 nitrogen and oxygen atoms in total. The van der Waals surface area contributed by atoms with E-state index in [0.717, 1.165) is 0 Å². The minimum absolute atomic E-state index is 0.0418. The number of rotatable bonds is 4. The van der Waals surface area contributed by atoms with E-state index in [0.29, 0.717) is 31.8 Å². The molecule has 1 aromatic rings. The Bertz CT molecular complexity index is 570. The fourth-order valence-corrected chi connectivity index (χ4v) is 3.91. The summed E-state index contributed by atoms with van der Waals surface area (Å²) in [6.07, 6.45) is 1.07. The molecule has 1 aliphatic rings. The molecule has 1 atom stereocenters. The van der Waals surface area contributed by atoms with Gasteiger partial charge in [0.2, 0.25) is 5.91 Å². The lowest BCUT2D eigenvalue weighted by molar-refractivity contribution is -0.127. The number of nitrogens with one attached hydrogen (secondary N) is 1. The van der Waals surface area contributed by atoms with Crippen LogP contribution in [0.15, 0.2) is 17.5 Å². The summed E-state index contributed by atoms with van der Waals surface area (Å²) in [6, 6.07) is 4.14. The molecule has 6 heteroatoms. The standard InChI is InChI=1S/C19H30N2O3S/c1-13(2)16(15-7-6-12-25-15)20-17(22)14-8-10-21(11-9-14)18(23)24-19(3,4)5/h6-7,12-14,16H,8-11H2,1-5H3,(H,20,22). The molecular formula is C19H30N2O3S. The average Bonchev–Trinajstić information content (AvgIpc) is 3.04. The van der Waals surface area contributed by atoms with Crippen molar-refractivity contribution in [3.8, 4) is 0 Å². The van der Waals surface area contributed by atoms with Crippen molar-refractivity contribution in [2.75, 3.05) is 13.1 Å². The number of thiophene rings is 1. The number of piperidine rings is 1. The van der Waals surface area contributed by atoms with Gasteiger partial charge < -0.3 is 15.0 Å². The molecule has 0 aromatic carbocycles. The SMILES string of the molecule is CC(C)C(NC(=O)C1CCN(C(=O)OC(C)(C)C)CC1)c1cccs1. The van der Waals surface area contributed by atoms with E-state index in [9.17, 15) is 9.59 Å². The molecule has 1 saturated heterocycles. The third-order valence-electron chi connectivity index (χ3n) is 4.33. The number of nitrogens with zero attached hydrogens (tertiary/aromatic N) is 1. The molecule has 0 spiro atoms. The quantitative estimate of drug-likeness (QED) is 0.868. The molecule has 1 N–H and O–H groups in total. The Morgan fingerprint density at radius 2 is 1.92 bits per heavy atom. The van der Waals surface area contributed by atoms with Gasteiger partial charge in [-0.05, 0) is 51.0 Å². The second-order valence-corrected chi connectivity index (χ2v) is 8.97. The third kappa shape index (κ3) is 5.73. The fourth-order valence-electron chi connectivity index (χ4n) is 2.96. The number of carbonyl (C=O) groups excluding carboxylic acids is 2. The van der Waals surface area contributed by atoms with E-state index in [4.69, 9.17) is 4.74 Å². The highest BCUT2D eigenvalue weighted by molar-refractivity contribution is 7.10. The van der Waals surface area contributed by atoms with Gasteiger partial charge in [0.05, 0.1) is 6.04 Å². The van der Waals surface area contributed by atoms with Gasteiger partial charge in [-0.1, -0.05) is 19.9 Å². The van der Waals surface area contributed by atoms with Crippen LogP contribution in [-0.2, 0) is 9.53 Å². The highest BCUT2D eigenvalue weighted by Crippen LogP contribution is 2.27. The van der Waals surface area contributed by atoms with Crippen LogP contribution in [0, 0.1) is 11.8 Å². The fraction of sp³-hybridized carbons (Fsp3) is 0.684. The van der Waals surface area contributed by atoms with Crippen molar-refractivity contribution in [2.24, 2.45) is 11.8 Å². The van der Waals surface area contributed by atoms with Crippen molar-refractivity contribution in [1.29, 1.82) is 0 Å². The molecule has 1 aromatic heterocycles. The topological polar surface area (TPSA) is 58.6 Å². The van der Waals surface area contributed by atoms with E-state index < -0.39 is 5.60 Å². The van der Waals surface area contributed by atoms with Gasteiger partial charge in [0.15, 0.2) is 0 Å². The summed E-state index contributed by atoms with van der Waals surface area (Å²) in [5.74, 6) is 0.389. The summed E-state index contributed by atoms with van der Waals surface area (Å²) in [5.41, 5.74) is -0.490. The van der Waals surface area contributed by atoms with Crippen molar-refractivity contribution in [3.63, 3.8) is 0 Å². The van der Waals surface area contributed by atoms with Crippen LogP contribution in [0.5, 0.6) is 0 Å². The van der Waals surface area contributed by atoms with E-state index in [-0.39, 0.29) is 24.0 Å². The Morgan fingerprint density at radius 3 is 2.40 bits per heavy atom. The predicted octanol–water partition coefficient (Wildman–Crippen LogP) is 4.21. The van der Waals surface area contributed by atoms with Crippen molar-refractivity contribution >= 4 is 23.3 Å². The van der Waals surface area contributed by atoms with E-state index in [1.165, 1.54) is 4.88 Å². The Balaban J connectivity index is 1.87. The van der Waals surface area contributed by atoms with E-state index >= 15 is 0 Å². The van der Waals surface area contributed by atoms with Gasteiger partial charge in [0.1, 0.15) is 5.60 Å². The van der Waals surface area contributed by atoms with E-state index in [2.05, 4.69) is 25.2 Å². The first-order chi connectivity index (χ1) is 11.7. The van der Waals surface area contributed by atoms with Crippen LogP contribution < -0.4 is 5.32 Å². The number of likely N-dealkylation sites (tertiary alicyclic amines) is 1. The molecule has 140 valence electrons. The monoisotopic (exact) mass is 366 g/mol. The zero-order valence-electron chi connectivity index (χ0n) is 15.9. The Labute approximate surface area is 154 Å². The molecule has 2 amide bonds. The third-order valence-corrected chi connectivity index (χ3v) is 5.29. The van der Waals surface area contributed by atoms with Crippen LogP contribution in [0.3, 0.4) is 0 Å². The minimum atomic E-state index is -0.490. The molecular weight excluding hydrogens is 336 g/mol. The molecule has 0 radical (unpaired) electrons. The lowest BCUT2D eigenvalue weighted by Crippen LogP contribution is -2.45. The van der Waals surface area contributed by atoms with E-state index in [1.807, 2.05) is 32.2 Å². The lowest BCUT2D eigenvalue weighted by Gasteiger charge is -2.33. The Kier molecular flexibility index (Phi) is 6.49. The molecule has 25 heavy (non-hydrogen) atoms. The first-order valence-electron chi connectivity index (χ1n) is 8.99. The second kappa shape index (κ2) is 8.21. The van der Waals surface area contributed by atoms with Gasteiger partial charge in [-0.15, -0.1) is 11.3 Å². The first-order valence-corrected chi connectivity index (χ1v) is 9.87. The largest absolute Gasteiger partial charge is 0.444 e. The van der Waals surface area contributed by atoms with Gasteiger partial charge in [0.25, 0.3) is 0 Å². The summed E-state index contributed by atoms with van der Waals surface area (Å²) in [7, 11) is 0. The molecule has 0 aliphatic carbocycles. The maximum absolute atomic E-state index is 12.7. The second-order valence-electron chi connectivity index (χ2n) is 7.99. The average molecular weight is 367 g/mol. The highest BCUT2D eigenvalue weighted by Gasteiger charge is 2.31. The highest BCUT2D eigenvalue weighted by atomic mass is 32.1. The number of amides is 2. The minimum Gasteiger partial charge on any atom is -0.444 e. The van der Waals surface area contributed by atoms with Gasteiger partial charge in [0, 0.05) is 23.9 Å². The smallest absolute Gasteiger partial charge is 0.410 e. The van der Waals surface area contributed by atoms with Crippen LogP contribution >= 0.6 is 11.3 Å². The van der Waals surface area contributed by atoms with Crippen LogP contribution in [0.4, 0.5) is 4.79 Å². The van der Waals surface area contributed by atoms with Crippen molar-refractivity contribution in [2.45, 2.75) is 59.1 Å². The Hall–Kier alpha value is -1.56. The number of hydrogen-bond donors (Lipinski definition) is 1. The van der Waals surface area contributed by atoms with Crippen molar-refractivity contribution in [3.05, 3.63) is 22.4 Å². The summed E-state index contributed by atoms with van der Waals surface area (Å²) in [4.78, 5) is 27.7. The van der Waals surface area contributed by atoms with Gasteiger partial charge in [-0.25, -0.2) is 4.79 Å². The van der Waals surface area contributed by atoms with Gasteiger partial charge >= 0.3 is 6.09 Å². The molecule has 1 aliphatic heterocycles. The predicted molar refractivity (Wildman–Crippen MR) is 101 cm³/mol. The normalized spacial score (nSPS) is 17.4. The molecule has 1 fully saturated rings. The molecule has 0 bridgehead atoms. The van der Waals surface area contributed by atoms with Crippen molar-refractivity contribution < 1.29 is 14.3 Å². The van der Waals surface area contributed by atoms with Crippen LogP contribution in [0.25, 0.3) is 0 Å². The van der Waals surface area contributed by atoms with Crippen LogP contribution in [-0.4, -0.2) is 35.6 Å². The molecule has 2 heterocycles. The maximum Gasteiger partial charge on any atom is 0.410 e. The summed E-state index contributed by atoms with van der Waals surface area (Å²) >= 11 is 1.67. The van der Waals surface area contributed by atoms with Gasteiger partial charge in [-0.2, -0.15) is 0 Å². The number of hydrogen-bond acceptors (Lipinski definition) is 4. The van der Waals surface area contributed by atoms with Crippen LogP contribution in [0.2, 0.25) is 0 Å². The lowest BCUT2D eigenvalue weighted by atomic mass is 9.94. The Morgan fingerprint density at radius 1 is 1.28 bits per heavy atom. The maximum atomic E-state index is 12.7. The van der Waals surface area contributed by atoms with Crippen molar-refractivity contribution in [1.82, 2.24) is 10.2 Å². The molecule has 0 saturated carbocycles.